The maximum atomic E-state index is 13.1. The number of anilines is 1. The van der Waals surface area contributed by atoms with Crippen LogP contribution >= 0.6 is 0 Å². The summed E-state index contributed by atoms with van der Waals surface area (Å²) >= 11 is 0. The van der Waals surface area contributed by atoms with Gasteiger partial charge in [0.05, 0.1) is 22.9 Å². The predicted octanol–water partition coefficient (Wildman–Crippen LogP) is 3.13. The molecule has 9 heteroatoms. The van der Waals surface area contributed by atoms with Crippen LogP contribution in [0.1, 0.15) is 43.0 Å². The van der Waals surface area contributed by atoms with Gasteiger partial charge in [-0.2, -0.15) is 0 Å². The number of benzene rings is 2. The van der Waals surface area contributed by atoms with Crippen LogP contribution in [0.4, 0.5) is 5.69 Å². The molecule has 7 nitrogen and oxygen atoms in total. The van der Waals surface area contributed by atoms with Gasteiger partial charge >= 0.3 is 0 Å². The fraction of sp³-hybridized carbons (Fsp3) is 0.409. The number of rotatable bonds is 8. The smallest absolute Gasteiger partial charge is 0.244 e. The molecule has 0 unspecified atom stereocenters. The third-order valence-electron chi connectivity index (χ3n) is 5.24. The zero-order valence-electron chi connectivity index (χ0n) is 18.7. The zero-order chi connectivity index (χ0) is 23.6. The van der Waals surface area contributed by atoms with Gasteiger partial charge in [0.1, 0.15) is 6.04 Å². The van der Waals surface area contributed by atoms with Crippen molar-refractivity contribution in [3.8, 4) is 0 Å². The second-order valence-electron chi connectivity index (χ2n) is 7.82. The van der Waals surface area contributed by atoms with Crippen LogP contribution < -0.4 is 9.62 Å². The first kappa shape index (κ1) is 24.9. The van der Waals surface area contributed by atoms with E-state index in [1.807, 2.05) is 19.9 Å². The Morgan fingerprint density at radius 2 is 1.55 bits per heavy atom. The zero-order valence-corrected chi connectivity index (χ0v) is 20.3. The van der Waals surface area contributed by atoms with Gasteiger partial charge in [0.15, 0.2) is 9.84 Å². The summed E-state index contributed by atoms with van der Waals surface area (Å²) in [7, 11) is -7.03. The molecular weight excluding hydrogens is 436 g/mol. The molecule has 0 aliphatic rings. The molecule has 0 radical (unpaired) electrons. The molecule has 170 valence electrons. The van der Waals surface area contributed by atoms with Crippen LogP contribution in [0.15, 0.2) is 47.4 Å². The average Bonchev–Trinajstić information content (AvgIpc) is 2.66. The summed E-state index contributed by atoms with van der Waals surface area (Å²) < 4.78 is 49.7. The lowest BCUT2D eigenvalue weighted by Crippen LogP contribution is -2.49. The van der Waals surface area contributed by atoms with E-state index in [2.05, 4.69) is 5.32 Å². The van der Waals surface area contributed by atoms with Gasteiger partial charge in [-0.3, -0.25) is 9.10 Å². The van der Waals surface area contributed by atoms with Crippen molar-refractivity contribution >= 4 is 31.5 Å². The van der Waals surface area contributed by atoms with Gasteiger partial charge in [0.25, 0.3) is 0 Å². The molecule has 0 fully saturated rings. The average molecular weight is 467 g/mol. The van der Waals surface area contributed by atoms with Crippen LogP contribution in [0, 0.1) is 13.8 Å². The molecule has 2 aromatic carbocycles. The highest BCUT2D eigenvalue weighted by Gasteiger charge is 2.32. The Kier molecular flexibility index (Phi) is 7.54. The minimum absolute atomic E-state index is 0.194. The van der Waals surface area contributed by atoms with Crippen molar-refractivity contribution in [1.82, 2.24) is 5.32 Å². The number of carbonyl (C=O) groups is 1. The lowest BCUT2D eigenvalue weighted by Gasteiger charge is -2.31. The first-order valence-corrected chi connectivity index (χ1v) is 13.7. The van der Waals surface area contributed by atoms with E-state index in [-0.39, 0.29) is 11.3 Å². The van der Waals surface area contributed by atoms with E-state index in [0.717, 1.165) is 27.9 Å². The molecule has 0 saturated carbocycles. The van der Waals surface area contributed by atoms with E-state index in [1.54, 1.807) is 38.1 Å². The molecule has 2 rings (SSSR count). The van der Waals surface area contributed by atoms with Crippen molar-refractivity contribution in [2.75, 3.05) is 16.8 Å². The fourth-order valence-corrected chi connectivity index (χ4v) is 5.15. The Balaban J connectivity index is 2.32. The first-order chi connectivity index (χ1) is 14.3. The van der Waals surface area contributed by atoms with Gasteiger partial charge in [-0.1, -0.05) is 25.1 Å². The van der Waals surface area contributed by atoms with Gasteiger partial charge in [0, 0.05) is 6.26 Å². The molecule has 1 amide bonds. The van der Waals surface area contributed by atoms with E-state index < -0.39 is 37.9 Å². The third-order valence-corrected chi connectivity index (χ3v) is 7.55. The van der Waals surface area contributed by atoms with E-state index >= 15 is 0 Å². The highest BCUT2D eigenvalue weighted by atomic mass is 32.2. The second kappa shape index (κ2) is 9.40. The molecule has 1 N–H and O–H groups in total. The van der Waals surface area contributed by atoms with Crippen molar-refractivity contribution < 1.29 is 21.6 Å². The van der Waals surface area contributed by atoms with Crippen LogP contribution in [0.3, 0.4) is 0 Å². The number of carbonyl (C=O) groups excluding carboxylic acids is 1. The molecule has 0 bridgehead atoms. The minimum Gasteiger partial charge on any atom is -0.348 e. The van der Waals surface area contributed by atoms with Gasteiger partial charge in [-0.05, 0) is 68.1 Å². The van der Waals surface area contributed by atoms with E-state index in [4.69, 9.17) is 0 Å². The highest BCUT2D eigenvalue weighted by molar-refractivity contribution is 7.92. The number of nitrogens with zero attached hydrogens (tertiary/aromatic N) is 1. The van der Waals surface area contributed by atoms with Crippen molar-refractivity contribution in [3.63, 3.8) is 0 Å². The number of nitrogens with one attached hydrogen (secondary N) is 1. The monoisotopic (exact) mass is 466 g/mol. The quantitative estimate of drug-likeness (QED) is 0.644. The van der Waals surface area contributed by atoms with Crippen LogP contribution in [-0.4, -0.2) is 41.3 Å². The summed E-state index contributed by atoms with van der Waals surface area (Å²) in [5.41, 5.74) is 3.12. The summed E-state index contributed by atoms with van der Waals surface area (Å²) in [5, 5.41) is 2.86. The molecule has 0 aliphatic heterocycles. The van der Waals surface area contributed by atoms with E-state index in [0.29, 0.717) is 11.3 Å². The van der Waals surface area contributed by atoms with Gasteiger partial charge in [0.2, 0.25) is 15.9 Å². The highest BCUT2D eigenvalue weighted by Crippen LogP contribution is 2.26. The molecule has 2 aromatic rings. The summed E-state index contributed by atoms with van der Waals surface area (Å²) in [6.45, 7) is 7.35. The Labute approximate surface area is 185 Å². The number of amides is 1. The largest absolute Gasteiger partial charge is 0.348 e. The number of hydrogen-bond donors (Lipinski definition) is 1. The van der Waals surface area contributed by atoms with E-state index in [1.165, 1.54) is 12.1 Å². The molecule has 0 spiro atoms. The number of hydrogen-bond acceptors (Lipinski definition) is 5. The standard InChI is InChI=1S/C22H30N2O5S2/c1-7-21(24(31(6,28)29)19-11-8-15(2)16(3)14-19)22(25)23-17(4)18-9-12-20(13-10-18)30(5,26)27/h8-14,17,21H,7H2,1-6H3,(H,23,25)/t17-,21+/m1/s1. The van der Waals surface area contributed by atoms with Crippen LogP contribution in [0.25, 0.3) is 0 Å². The topological polar surface area (TPSA) is 101 Å². The summed E-state index contributed by atoms with van der Waals surface area (Å²) in [6, 6.07) is 10.2. The van der Waals surface area contributed by atoms with Crippen LogP contribution in [0.5, 0.6) is 0 Å². The maximum absolute atomic E-state index is 13.1. The summed E-state index contributed by atoms with van der Waals surface area (Å²) in [6.07, 6.45) is 2.50. The molecule has 31 heavy (non-hydrogen) atoms. The number of sulfonamides is 1. The van der Waals surface area contributed by atoms with Crippen molar-refractivity contribution in [2.45, 2.75) is 51.1 Å². The third kappa shape index (κ3) is 6.07. The van der Waals surface area contributed by atoms with Gasteiger partial charge in [-0.25, -0.2) is 16.8 Å². The Morgan fingerprint density at radius 1 is 0.968 bits per heavy atom. The van der Waals surface area contributed by atoms with Crippen LogP contribution in [0.2, 0.25) is 0 Å². The minimum atomic E-state index is -3.72. The van der Waals surface area contributed by atoms with Crippen molar-refractivity contribution in [1.29, 1.82) is 0 Å². The predicted molar refractivity (Wildman–Crippen MR) is 123 cm³/mol. The molecular formula is C22H30N2O5S2. The van der Waals surface area contributed by atoms with Crippen LogP contribution in [-0.2, 0) is 24.7 Å². The molecule has 0 heterocycles. The fourth-order valence-electron chi connectivity index (χ4n) is 3.32. The lowest BCUT2D eigenvalue weighted by molar-refractivity contribution is -0.122. The number of sulfone groups is 1. The summed E-state index contributed by atoms with van der Waals surface area (Å²) in [4.78, 5) is 13.3. The molecule has 2 atom stereocenters. The Bertz CT molecular complexity index is 1160. The molecule has 0 saturated heterocycles. The SMILES string of the molecule is CC[C@@H](C(=O)N[C@H](C)c1ccc(S(C)(=O)=O)cc1)N(c1ccc(C)c(C)c1)S(C)(=O)=O. The normalized spacial score (nSPS) is 14.0. The van der Waals surface area contributed by atoms with Crippen molar-refractivity contribution in [3.05, 3.63) is 59.2 Å². The van der Waals surface area contributed by atoms with Crippen molar-refractivity contribution in [2.24, 2.45) is 0 Å². The van der Waals surface area contributed by atoms with Gasteiger partial charge in [-0.15, -0.1) is 0 Å². The van der Waals surface area contributed by atoms with Gasteiger partial charge < -0.3 is 5.32 Å². The number of aryl methyl sites for hydroxylation is 2. The molecule has 0 aromatic heterocycles. The maximum Gasteiger partial charge on any atom is 0.244 e. The first-order valence-electron chi connectivity index (χ1n) is 9.92. The summed E-state index contributed by atoms with van der Waals surface area (Å²) in [5.74, 6) is -0.425. The Morgan fingerprint density at radius 3 is 2.00 bits per heavy atom. The Hall–Kier alpha value is -2.39. The lowest BCUT2D eigenvalue weighted by atomic mass is 10.1. The second-order valence-corrected chi connectivity index (χ2v) is 11.7. The molecule has 0 aliphatic carbocycles. The van der Waals surface area contributed by atoms with E-state index in [9.17, 15) is 21.6 Å².